The van der Waals surface area contributed by atoms with E-state index in [1.54, 1.807) is 11.3 Å². The number of hydrogen-bond donors (Lipinski definition) is 0. The maximum absolute atomic E-state index is 5.29. The Bertz CT molecular complexity index is 2850. The van der Waals surface area contributed by atoms with Gasteiger partial charge in [0, 0.05) is 36.9 Å². The minimum Gasteiger partial charge on any atom is -0.208 e. The van der Waals surface area contributed by atoms with E-state index in [-0.39, 0.29) is 0 Å². The summed E-state index contributed by atoms with van der Waals surface area (Å²) in [6.07, 6.45) is 0. The lowest BCUT2D eigenvalue weighted by molar-refractivity contribution is 0.745. The van der Waals surface area contributed by atoms with Crippen molar-refractivity contribution < 1.29 is 0 Å². The Morgan fingerprint density at radius 2 is 0.750 bits per heavy atom. The van der Waals surface area contributed by atoms with E-state index in [9.17, 15) is 0 Å². The number of rotatable bonds is 8. The SMILES string of the molecule is c1ccc(-c2ccccc2-c2nc(-c3ccc(C(c4ccccc4)(c4ccccc4)c4ccccc4)cc3)nc(-c3cccc4sc5ccccc5c34)n2)cc1. The van der Waals surface area contributed by atoms with Gasteiger partial charge in [-0.05, 0) is 45.5 Å². The van der Waals surface area contributed by atoms with E-state index < -0.39 is 5.41 Å². The first-order valence-corrected chi connectivity index (χ1v) is 19.7. The van der Waals surface area contributed by atoms with E-state index in [2.05, 4.69) is 206 Å². The first-order valence-electron chi connectivity index (χ1n) is 18.9. The quantitative estimate of drug-likeness (QED) is 0.146. The molecule has 0 aliphatic rings. The molecule has 3 nitrogen and oxygen atoms in total. The van der Waals surface area contributed by atoms with Crippen molar-refractivity contribution >= 4 is 31.5 Å². The third-order valence-electron chi connectivity index (χ3n) is 10.7. The number of benzene rings is 8. The van der Waals surface area contributed by atoms with Gasteiger partial charge >= 0.3 is 0 Å². The van der Waals surface area contributed by atoms with Gasteiger partial charge in [-0.1, -0.05) is 200 Å². The lowest BCUT2D eigenvalue weighted by Gasteiger charge is -2.37. The van der Waals surface area contributed by atoms with Gasteiger partial charge in [-0.3, -0.25) is 0 Å². The van der Waals surface area contributed by atoms with Crippen LogP contribution < -0.4 is 0 Å². The van der Waals surface area contributed by atoms with Crippen LogP contribution in [0.3, 0.4) is 0 Å². The summed E-state index contributed by atoms with van der Waals surface area (Å²) in [5.74, 6) is 1.91. The highest BCUT2D eigenvalue weighted by Gasteiger charge is 2.38. The van der Waals surface area contributed by atoms with E-state index in [1.807, 2.05) is 6.07 Å². The second kappa shape index (κ2) is 14.3. The van der Waals surface area contributed by atoms with Gasteiger partial charge in [0.2, 0.25) is 0 Å². The van der Waals surface area contributed by atoms with E-state index in [0.717, 1.165) is 33.4 Å². The second-order valence-corrected chi connectivity index (χ2v) is 15.0. The molecular formula is C52H35N3S. The molecule has 2 aromatic heterocycles. The van der Waals surface area contributed by atoms with Crippen molar-refractivity contribution in [1.29, 1.82) is 0 Å². The zero-order chi connectivity index (χ0) is 37.3. The molecule has 8 aromatic carbocycles. The van der Waals surface area contributed by atoms with Crippen LogP contribution in [0.4, 0.5) is 0 Å². The molecule has 0 saturated heterocycles. The highest BCUT2D eigenvalue weighted by atomic mass is 32.1. The standard InChI is InChI=1S/C52H35N3S/c1-5-18-36(19-6-1)42-26-13-14-27-43(42)50-53-49(54-51(55-50)45-29-17-31-47-48(45)44-28-15-16-30-46(44)56-47)37-32-34-41(35-33-37)52(38-20-7-2-8-21-38,39-22-9-3-10-23-39)40-24-11-4-12-25-40/h1-35H. The third-order valence-corrected chi connectivity index (χ3v) is 11.9. The van der Waals surface area contributed by atoms with Crippen molar-refractivity contribution in [3.8, 4) is 45.3 Å². The van der Waals surface area contributed by atoms with Crippen LogP contribution in [0.2, 0.25) is 0 Å². The molecule has 0 amide bonds. The molecule has 0 aliphatic heterocycles. The van der Waals surface area contributed by atoms with E-state index >= 15 is 0 Å². The van der Waals surface area contributed by atoms with Crippen molar-refractivity contribution in [2.75, 3.05) is 0 Å². The third kappa shape index (κ3) is 5.79. The van der Waals surface area contributed by atoms with Crippen molar-refractivity contribution in [2.24, 2.45) is 0 Å². The van der Waals surface area contributed by atoms with E-state index in [0.29, 0.717) is 17.5 Å². The van der Waals surface area contributed by atoms with Crippen LogP contribution in [0.15, 0.2) is 212 Å². The Labute approximate surface area is 330 Å². The molecule has 264 valence electrons. The summed E-state index contributed by atoms with van der Waals surface area (Å²) in [5, 5.41) is 2.38. The maximum Gasteiger partial charge on any atom is 0.164 e. The predicted octanol–water partition coefficient (Wildman–Crippen LogP) is 13.3. The average Bonchev–Trinajstić information content (AvgIpc) is 3.67. The molecular weight excluding hydrogens is 699 g/mol. The molecule has 10 aromatic rings. The molecule has 0 fully saturated rings. The number of fused-ring (bicyclic) bond motifs is 3. The van der Waals surface area contributed by atoms with Gasteiger partial charge < -0.3 is 0 Å². The Kier molecular flexibility index (Phi) is 8.59. The summed E-state index contributed by atoms with van der Waals surface area (Å²) in [6, 6.07) is 75.1. The molecule has 10 rings (SSSR count). The van der Waals surface area contributed by atoms with Crippen molar-refractivity contribution in [2.45, 2.75) is 5.41 Å². The largest absolute Gasteiger partial charge is 0.208 e. The minimum atomic E-state index is -0.554. The van der Waals surface area contributed by atoms with Crippen LogP contribution in [0.25, 0.3) is 65.5 Å². The normalized spacial score (nSPS) is 11.6. The van der Waals surface area contributed by atoms with Crippen LogP contribution in [-0.2, 0) is 5.41 Å². The van der Waals surface area contributed by atoms with Gasteiger partial charge in [0.15, 0.2) is 17.5 Å². The highest BCUT2D eigenvalue weighted by Crippen LogP contribution is 2.46. The highest BCUT2D eigenvalue weighted by molar-refractivity contribution is 7.25. The van der Waals surface area contributed by atoms with Crippen LogP contribution >= 0.6 is 11.3 Å². The summed E-state index contributed by atoms with van der Waals surface area (Å²) in [7, 11) is 0. The maximum atomic E-state index is 5.29. The zero-order valence-corrected chi connectivity index (χ0v) is 31.3. The van der Waals surface area contributed by atoms with E-state index in [1.165, 1.54) is 36.9 Å². The summed E-state index contributed by atoms with van der Waals surface area (Å²) in [5.41, 5.74) is 9.25. The fourth-order valence-corrected chi connectivity index (χ4v) is 9.32. The van der Waals surface area contributed by atoms with Crippen LogP contribution in [0.1, 0.15) is 22.3 Å². The monoisotopic (exact) mass is 733 g/mol. The summed E-state index contributed by atoms with van der Waals surface area (Å²) >= 11 is 1.80. The summed E-state index contributed by atoms with van der Waals surface area (Å²) in [6.45, 7) is 0. The molecule has 0 spiro atoms. The molecule has 0 saturated carbocycles. The van der Waals surface area contributed by atoms with Crippen molar-refractivity contribution in [1.82, 2.24) is 15.0 Å². The zero-order valence-electron chi connectivity index (χ0n) is 30.5. The molecule has 4 heteroatoms. The number of thiophene rings is 1. The Hall–Kier alpha value is -7.01. The second-order valence-electron chi connectivity index (χ2n) is 13.9. The minimum absolute atomic E-state index is 0.554. The summed E-state index contributed by atoms with van der Waals surface area (Å²) in [4.78, 5) is 15.8. The predicted molar refractivity (Wildman–Crippen MR) is 233 cm³/mol. The smallest absolute Gasteiger partial charge is 0.164 e. The Morgan fingerprint density at radius 3 is 1.38 bits per heavy atom. The number of nitrogens with zero attached hydrogens (tertiary/aromatic N) is 3. The van der Waals surface area contributed by atoms with Gasteiger partial charge in [0.05, 0.1) is 5.41 Å². The van der Waals surface area contributed by atoms with Gasteiger partial charge in [0.1, 0.15) is 0 Å². The first kappa shape index (κ1) is 33.6. The van der Waals surface area contributed by atoms with Crippen LogP contribution in [-0.4, -0.2) is 15.0 Å². The van der Waals surface area contributed by atoms with Crippen molar-refractivity contribution in [3.05, 3.63) is 235 Å². The first-order chi connectivity index (χ1) is 27.8. The van der Waals surface area contributed by atoms with Gasteiger partial charge in [-0.2, -0.15) is 0 Å². The molecule has 0 N–H and O–H groups in total. The van der Waals surface area contributed by atoms with E-state index in [4.69, 9.17) is 15.0 Å². The van der Waals surface area contributed by atoms with Gasteiger partial charge in [-0.25, -0.2) is 15.0 Å². The van der Waals surface area contributed by atoms with Crippen molar-refractivity contribution in [3.63, 3.8) is 0 Å². The number of aromatic nitrogens is 3. The molecule has 0 atom stereocenters. The van der Waals surface area contributed by atoms with Crippen LogP contribution in [0, 0.1) is 0 Å². The molecule has 0 bridgehead atoms. The molecule has 0 unspecified atom stereocenters. The van der Waals surface area contributed by atoms with Crippen LogP contribution in [0.5, 0.6) is 0 Å². The summed E-state index contributed by atoms with van der Waals surface area (Å²) < 4.78 is 2.45. The molecule has 2 heterocycles. The van der Waals surface area contributed by atoms with Gasteiger partial charge in [-0.15, -0.1) is 11.3 Å². The lowest BCUT2D eigenvalue weighted by atomic mass is 9.65. The fourth-order valence-electron chi connectivity index (χ4n) is 8.19. The van der Waals surface area contributed by atoms with Gasteiger partial charge in [0.25, 0.3) is 0 Å². The molecule has 56 heavy (non-hydrogen) atoms. The lowest BCUT2D eigenvalue weighted by Crippen LogP contribution is -2.30. The Morgan fingerprint density at radius 1 is 0.304 bits per heavy atom. The molecule has 0 radical (unpaired) electrons. The molecule has 0 aliphatic carbocycles. The fraction of sp³-hybridized carbons (Fsp3) is 0.0192. The topological polar surface area (TPSA) is 38.7 Å². The number of hydrogen-bond acceptors (Lipinski definition) is 4. The average molecular weight is 734 g/mol. The Balaban J connectivity index is 1.19.